The molecule has 6 nitrogen and oxygen atoms in total. The van der Waals surface area contributed by atoms with Crippen LogP contribution >= 0.6 is 12.2 Å². The summed E-state index contributed by atoms with van der Waals surface area (Å²) in [5.74, 6) is 0. The van der Waals surface area contributed by atoms with Gasteiger partial charge >= 0.3 is 0 Å². The second-order valence-corrected chi connectivity index (χ2v) is 6.12. The van der Waals surface area contributed by atoms with Crippen molar-refractivity contribution in [1.82, 2.24) is 14.3 Å². The molecule has 0 radical (unpaired) electrons. The Morgan fingerprint density at radius 1 is 1.61 bits per heavy atom. The van der Waals surface area contributed by atoms with Gasteiger partial charge in [-0.15, -0.1) is 0 Å². The molecule has 1 heterocycles. The lowest BCUT2D eigenvalue weighted by Gasteiger charge is -2.15. The van der Waals surface area contributed by atoms with E-state index in [4.69, 9.17) is 18.0 Å². The zero-order chi connectivity index (χ0) is 13.8. The number of hydrogen-bond acceptors (Lipinski definition) is 4. The van der Waals surface area contributed by atoms with Gasteiger partial charge in [-0.05, 0) is 13.3 Å². The molecule has 0 amide bonds. The molecule has 0 spiro atoms. The van der Waals surface area contributed by atoms with Gasteiger partial charge in [-0.3, -0.25) is 0 Å². The van der Waals surface area contributed by atoms with E-state index in [0.717, 1.165) is 0 Å². The van der Waals surface area contributed by atoms with Gasteiger partial charge < -0.3 is 10.3 Å². The standard InChI is InChI=1S/C10H18N4O2S2/c1-3-8(5-9(11)17)13-18(15,16)10-6-14(4-2)7-12-10/h6-8,13H,3-5H2,1-2H3,(H2,11,17). The molecule has 1 rings (SSSR count). The topological polar surface area (TPSA) is 90.0 Å². The molecular formula is C10H18N4O2S2. The molecule has 1 atom stereocenters. The minimum absolute atomic E-state index is 0.0192. The first-order valence-corrected chi connectivity index (χ1v) is 7.60. The van der Waals surface area contributed by atoms with Gasteiger partial charge in [0, 0.05) is 25.2 Å². The van der Waals surface area contributed by atoms with E-state index in [-0.39, 0.29) is 11.1 Å². The van der Waals surface area contributed by atoms with Crippen molar-refractivity contribution >= 4 is 27.2 Å². The second kappa shape index (κ2) is 6.26. The fourth-order valence-corrected chi connectivity index (χ4v) is 2.91. The van der Waals surface area contributed by atoms with Crippen molar-refractivity contribution in [2.24, 2.45) is 5.73 Å². The van der Waals surface area contributed by atoms with Gasteiger partial charge in [-0.2, -0.15) is 0 Å². The highest BCUT2D eigenvalue weighted by Gasteiger charge is 2.21. The summed E-state index contributed by atoms with van der Waals surface area (Å²) in [6.45, 7) is 4.45. The summed E-state index contributed by atoms with van der Waals surface area (Å²) in [6.07, 6.45) is 3.95. The first-order chi connectivity index (χ1) is 8.39. The minimum atomic E-state index is -3.60. The molecule has 0 aliphatic rings. The zero-order valence-corrected chi connectivity index (χ0v) is 12.1. The van der Waals surface area contributed by atoms with Crippen molar-refractivity contribution in [3.05, 3.63) is 12.5 Å². The molecule has 3 N–H and O–H groups in total. The minimum Gasteiger partial charge on any atom is -0.393 e. The van der Waals surface area contributed by atoms with Crippen LogP contribution in [0.3, 0.4) is 0 Å². The maximum atomic E-state index is 12.0. The predicted molar refractivity (Wildman–Crippen MR) is 73.7 cm³/mol. The highest BCUT2D eigenvalue weighted by molar-refractivity contribution is 7.89. The first-order valence-electron chi connectivity index (χ1n) is 5.71. The van der Waals surface area contributed by atoms with Crippen molar-refractivity contribution in [2.45, 2.75) is 44.3 Å². The zero-order valence-electron chi connectivity index (χ0n) is 10.5. The predicted octanol–water partition coefficient (Wildman–Crippen LogP) is 0.636. The summed E-state index contributed by atoms with van der Waals surface area (Å²) < 4.78 is 28.3. The van der Waals surface area contributed by atoms with E-state index >= 15 is 0 Å². The van der Waals surface area contributed by atoms with Crippen LogP contribution in [0.4, 0.5) is 0 Å². The molecule has 8 heteroatoms. The molecule has 0 fully saturated rings. The first kappa shape index (κ1) is 15.1. The number of thiocarbonyl (C=S) groups is 1. The van der Waals surface area contributed by atoms with Crippen LogP contribution in [0, 0.1) is 0 Å². The van der Waals surface area contributed by atoms with Gasteiger partial charge in [0.2, 0.25) is 0 Å². The Hall–Kier alpha value is -0.990. The molecule has 18 heavy (non-hydrogen) atoms. The molecule has 0 aliphatic heterocycles. The van der Waals surface area contributed by atoms with Crippen LogP contribution in [-0.2, 0) is 16.6 Å². The second-order valence-electron chi connectivity index (χ2n) is 3.94. The number of nitrogens with one attached hydrogen (secondary N) is 1. The van der Waals surface area contributed by atoms with Crippen molar-refractivity contribution < 1.29 is 8.42 Å². The van der Waals surface area contributed by atoms with E-state index in [1.807, 2.05) is 13.8 Å². The average molecular weight is 290 g/mol. The van der Waals surface area contributed by atoms with Gasteiger partial charge in [0.1, 0.15) is 0 Å². The van der Waals surface area contributed by atoms with Crippen molar-refractivity contribution in [3.8, 4) is 0 Å². The normalized spacial score (nSPS) is 13.4. The van der Waals surface area contributed by atoms with Crippen molar-refractivity contribution in [2.75, 3.05) is 0 Å². The number of aromatic nitrogens is 2. The molecular weight excluding hydrogens is 272 g/mol. The third kappa shape index (κ3) is 4.04. The fourth-order valence-electron chi connectivity index (χ4n) is 1.44. The fraction of sp³-hybridized carbons (Fsp3) is 0.600. The van der Waals surface area contributed by atoms with E-state index < -0.39 is 10.0 Å². The molecule has 102 valence electrons. The number of aryl methyl sites for hydroxylation is 1. The summed E-state index contributed by atoms with van der Waals surface area (Å²) in [5, 5.41) is 0.0192. The molecule has 0 aromatic carbocycles. The van der Waals surface area contributed by atoms with Crippen LogP contribution in [0.5, 0.6) is 0 Å². The van der Waals surface area contributed by atoms with Crippen LogP contribution in [0.1, 0.15) is 26.7 Å². The van der Waals surface area contributed by atoms with Gasteiger partial charge in [0.05, 0.1) is 11.3 Å². The molecule has 0 saturated carbocycles. The molecule has 1 unspecified atom stereocenters. The SMILES string of the molecule is CCC(CC(N)=S)NS(=O)(=O)c1cn(CC)cn1. The number of rotatable bonds is 7. The Kier molecular flexibility index (Phi) is 5.24. The number of imidazole rings is 1. The van der Waals surface area contributed by atoms with E-state index in [1.54, 1.807) is 4.57 Å². The van der Waals surface area contributed by atoms with Crippen LogP contribution in [-0.4, -0.2) is 29.0 Å². The van der Waals surface area contributed by atoms with Crippen LogP contribution in [0.2, 0.25) is 0 Å². The van der Waals surface area contributed by atoms with E-state index in [2.05, 4.69) is 9.71 Å². The lowest BCUT2D eigenvalue weighted by atomic mass is 10.2. The maximum absolute atomic E-state index is 12.0. The lowest BCUT2D eigenvalue weighted by Crippen LogP contribution is -2.37. The Morgan fingerprint density at radius 2 is 2.28 bits per heavy atom. The van der Waals surface area contributed by atoms with Crippen LogP contribution < -0.4 is 10.5 Å². The summed E-state index contributed by atoms with van der Waals surface area (Å²) >= 11 is 4.79. The Morgan fingerprint density at radius 3 is 2.72 bits per heavy atom. The maximum Gasteiger partial charge on any atom is 0.259 e. The molecule has 0 bridgehead atoms. The Balaban J connectivity index is 2.83. The summed E-state index contributed by atoms with van der Waals surface area (Å²) in [6, 6.07) is -0.292. The van der Waals surface area contributed by atoms with Gasteiger partial charge in [-0.1, -0.05) is 19.1 Å². The largest absolute Gasteiger partial charge is 0.393 e. The smallest absolute Gasteiger partial charge is 0.259 e. The van der Waals surface area contributed by atoms with Crippen molar-refractivity contribution in [1.29, 1.82) is 0 Å². The van der Waals surface area contributed by atoms with E-state index in [9.17, 15) is 8.42 Å². The quantitative estimate of drug-likeness (QED) is 0.719. The van der Waals surface area contributed by atoms with Crippen LogP contribution in [0.15, 0.2) is 17.6 Å². The number of nitrogens with zero attached hydrogens (tertiary/aromatic N) is 2. The summed E-state index contributed by atoms with van der Waals surface area (Å²) in [5.41, 5.74) is 5.43. The van der Waals surface area contributed by atoms with Crippen LogP contribution in [0.25, 0.3) is 0 Å². The third-order valence-corrected chi connectivity index (χ3v) is 4.08. The highest BCUT2D eigenvalue weighted by Crippen LogP contribution is 2.08. The van der Waals surface area contributed by atoms with Gasteiger partial charge in [0.25, 0.3) is 10.0 Å². The Labute approximate surface area is 113 Å². The van der Waals surface area contributed by atoms with E-state index in [1.165, 1.54) is 12.5 Å². The number of hydrogen-bond donors (Lipinski definition) is 2. The lowest BCUT2D eigenvalue weighted by molar-refractivity contribution is 0.543. The Bertz CT molecular complexity index is 510. The third-order valence-electron chi connectivity index (χ3n) is 2.51. The highest BCUT2D eigenvalue weighted by atomic mass is 32.2. The van der Waals surface area contributed by atoms with E-state index in [0.29, 0.717) is 24.4 Å². The molecule has 1 aromatic heterocycles. The molecule has 1 aromatic rings. The molecule has 0 saturated heterocycles. The number of nitrogens with two attached hydrogens (primary N) is 1. The monoisotopic (exact) mass is 290 g/mol. The summed E-state index contributed by atoms with van der Waals surface area (Å²) in [4.78, 5) is 4.17. The van der Waals surface area contributed by atoms with Crippen molar-refractivity contribution in [3.63, 3.8) is 0 Å². The molecule has 0 aliphatic carbocycles. The van der Waals surface area contributed by atoms with Gasteiger partial charge in [0.15, 0.2) is 5.03 Å². The average Bonchev–Trinajstić information content (AvgIpc) is 2.76. The van der Waals surface area contributed by atoms with Gasteiger partial charge in [-0.25, -0.2) is 18.1 Å². The number of sulfonamides is 1. The summed E-state index contributed by atoms with van der Waals surface area (Å²) in [7, 11) is -3.60.